The van der Waals surface area contributed by atoms with E-state index in [2.05, 4.69) is 17.4 Å². The van der Waals surface area contributed by atoms with Crippen molar-refractivity contribution in [1.82, 2.24) is 0 Å². The predicted molar refractivity (Wildman–Crippen MR) is 85.8 cm³/mol. The largest absolute Gasteiger partial charge is 0.469 e. The number of thiol groups is 1. The van der Waals surface area contributed by atoms with Crippen molar-refractivity contribution in [2.45, 2.75) is 44.5 Å². The lowest BCUT2D eigenvalue weighted by molar-refractivity contribution is -0.139. The van der Waals surface area contributed by atoms with Gasteiger partial charge in [0.2, 0.25) is 0 Å². The zero-order valence-electron chi connectivity index (χ0n) is 12.8. The molecule has 0 amide bonds. The first-order chi connectivity index (χ1) is 9.15. The third-order valence-corrected chi connectivity index (χ3v) is 4.06. The van der Waals surface area contributed by atoms with Gasteiger partial charge in [-0.2, -0.15) is 12.6 Å². The SMILES string of the molecule is COC(=O)Cc1ccc([B]OC(C)(C)C(C)(C)S)cc1. The number of methoxy groups -OCH3 is 1. The monoisotopic (exact) mass is 293 g/mol. The molecule has 0 atom stereocenters. The second-order valence-corrected chi connectivity index (χ2v) is 6.92. The molecule has 0 unspecified atom stereocenters. The normalized spacial score (nSPS) is 12.1. The topological polar surface area (TPSA) is 35.5 Å². The molecule has 0 aliphatic heterocycles. The fraction of sp³-hybridized carbons (Fsp3) is 0.533. The van der Waals surface area contributed by atoms with E-state index < -0.39 is 0 Å². The summed E-state index contributed by atoms with van der Waals surface area (Å²) in [5, 5.41) is 0. The quantitative estimate of drug-likeness (QED) is 0.496. The lowest BCUT2D eigenvalue weighted by Crippen LogP contribution is -2.45. The molecule has 0 heterocycles. The van der Waals surface area contributed by atoms with Crippen molar-refractivity contribution < 1.29 is 14.2 Å². The van der Waals surface area contributed by atoms with Gasteiger partial charge in [-0.25, -0.2) is 0 Å². The summed E-state index contributed by atoms with van der Waals surface area (Å²) in [6.45, 7) is 8.04. The molecule has 0 aliphatic carbocycles. The van der Waals surface area contributed by atoms with Crippen molar-refractivity contribution in [3.05, 3.63) is 29.8 Å². The van der Waals surface area contributed by atoms with Crippen molar-refractivity contribution in [1.29, 1.82) is 0 Å². The number of carbonyl (C=O) groups is 1. The molecule has 5 heteroatoms. The number of hydrogen-bond donors (Lipinski definition) is 1. The van der Waals surface area contributed by atoms with Crippen LogP contribution in [0.2, 0.25) is 0 Å². The summed E-state index contributed by atoms with van der Waals surface area (Å²) in [5.41, 5.74) is 1.48. The molecule has 20 heavy (non-hydrogen) atoms. The van der Waals surface area contributed by atoms with Crippen molar-refractivity contribution in [3.63, 3.8) is 0 Å². The first kappa shape index (κ1) is 17.1. The highest BCUT2D eigenvalue weighted by molar-refractivity contribution is 7.81. The van der Waals surface area contributed by atoms with Gasteiger partial charge in [0.05, 0.1) is 19.1 Å². The number of esters is 1. The van der Waals surface area contributed by atoms with Crippen LogP contribution in [0.15, 0.2) is 24.3 Å². The standard InChI is InChI=1S/C15H22BO3S/c1-14(2,15(3,4)20)19-16-12-8-6-11(7-9-12)10-13(17)18-5/h6-9,20H,10H2,1-5H3. The number of ether oxygens (including phenoxy) is 1. The molecule has 0 N–H and O–H groups in total. The van der Waals surface area contributed by atoms with Gasteiger partial charge in [-0.3, -0.25) is 4.79 Å². The van der Waals surface area contributed by atoms with Gasteiger partial charge >= 0.3 is 13.5 Å². The first-order valence-corrected chi connectivity index (χ1v) is 6.99. The summed E-state index contributed by atoms with van der Waals surface area (Å²) in [6.07, 6.45) is 0.285. The van der Waals surface area contributed by atoms with Crippen LogP contribution in [0.5, 0.6) is 0 Å². The molecule has 3 nitrogen and oxygen atoms in total. The average molecular weight is 293 g/mol. The minimum Gasteiger partial charge on any atom is -0.469 e. The van der Waals surface area contributed by atoms with Gasteiger partial charge in [-0.1, -0.05) is 29.7 Å². The zero-order valence-corrected chi connectivity index (χ0v) is 13.7. The van der Waals surface area contributed by atoms with Gasteiger partial charge in [0.25, 0.3) is 0 Å². The second-order valence-electron chi connectivity index (χ2n) is 5.80. The summed E-state index contributed by atoms with van der Waals surface area (Å²) in [5.74, 6) is -0.240. The molecule has 0 aliphatic rings. The minimum absolute atomic E-state index is 0.240. The molecule has 0 spiro atoms. The molecule has 0 fully saturated rings. The summed E-state index contributed by atoms with van der Waals surface area (Å²) >= 11 is 4.55. The highest BCUT2D eigenvalue weighted by atomic mass is 32.1. The first-order valence-electron chi connectivity index (χ1n) is 6.55. The van der Waals surface area contributed by atoms with Crippen LogP contribution in [0.25, 0.3) is 0 Å². The molecule has 1 aromatic carbocycles. The highest BCUT2D eigenvalue weighted by Gasteiger charge is 2.34. The Kier molecular flexibility index (Phi) is 5.72. The maximum atomic E-state index is 11.2. The number of hydrogen-bond acceptors (Lipinski definition) is 4. The molecule has 0 bridgehead atoms. The van der Waals surface area contributed by atoms with Crippen LogP contribution in [0.4, 0.5) is 0 Å². The molecule has 109 valence electrons. The van der Waals surface area contributed by atoms with E-state index in [0.717, 1.165) is 11.0 Å². The lowest BCUT2D eigenvalue weighted by Gasteiger charge is -2.38. The van der Waals surface area contributed by atoms with Crippen LogP contribution in [-0.4, -0.2) is 30.9 Å². The Morgan fingerprint density at radius 1 is 1.20 bits per heavy atom. The van der Waals surface area contributed by atoms with Crippen molar-refractivity contribution in [2.75, 3.05) is 7.11 Å². The fourth-order valence-electron chi connectivity index (χ4n) is 1.31. The molecule has 1 radical (unpaired) electrons. The maximum Gasteiger partial charge on any atom is 0.330 e. The van der Waals surface area contributed by atoms with E-state index in [1.165, 1.54) is 7.11 Å². The van der Waals surface area contributed by atoms with Gasteiger partial charge < -0.3 is 9.39 Å². The molecular weight excluding hydrogens is 271 g/mol. The summed E-state index contributed by atoms with van der Waals surface area (Å²) < 4.78 is 10.2. The van der Waals surface area contributed by atoms with E-state index >= 15 is 0 Å². The highest BCUT2D eigenvalue weighted by Crippen LogP contribution is 2.30. The van der Waals surface area contributed by atoms with Gasteiger partial charge in [-0.05, 0) is 33.3 Å². The Morgan fingerprint density at radius 3 is 2.20 bits per heavy atom. The zero-order chi connectivity index (χ0) is 15.4. The second kappa shape index (κ2) is 6.68. The van der Waals surface area contributed by atoms with Crippen molar-refractivity contribution >= 4 is 31.5 Å². The summed E-state index contributed by atoms with van der Waals surface area (Å²) in [4.78, 5) is 11.2. The van der Waals surface area contributed by atoms with E-state index in [0.29, 0.717) is 0 Å². The molecule has 0 saturated heterocycles. The van der Waals surface area contributed by atoms with E-state index in [1.807, 2.05) is 52.0 Å². The van der Waals surface area contributed by atoms with Gasteiger partial charge in [0, 0.05) is 4.75 Å². The van der Waals surface area contributed by atoms with Gasteiger partial charge in [0.15, 0.2) is 0 Å². The lowest BCUT2D eigenvalue weighted by atomic mass is 9.83. The van der Waals surface area contributed by atoms with Crippen molar-refractivity contribution in [2.24, 2.45) is 0 Å². The van der Waals surface area contributed by atoms with E-state index in [9.17, 15) is 4.79 Å². The molecular formula is C15H22BO3S. The predicted octanol–water partition coefficient (Wildman–Crippen LogP) is 2.15. The Balaban J connectivity index is 2.60. The van der Waals surface area contributed by atoms with E-state index in [-0.39, 0.29) is 22.7 Å². The Bertz CT molecular complexity index is 449. The fourth-order valence-corrected chi connectivity index (χ4v) is 1.37. The summed E-state index contributed by atoms with van der Waals surface area (Å²) in [7, 11) is 3.11. The maximum absolute atomic E-state index is 11.2. The van der Waals surface area contributed by atoms with Crippen LogP contribution in [-0.2, 0) is 20.6 Å². The third-order valence-electron chi connectivity index (χ3n) is 3.52. The number of benzene rings is 1. The van der Waals surface area contributed by atoms with Gasteiger partial charge in [0.1, 0.15) is 0 Å². The van der Waals surface area contributed by atoms with E-state index in [1.54, 1.807) is 7.48 Å². The van der Waals surface area contributed by atoms with Crippen LogP contribution in [0.3, 0.4) is 0 Å². The van der Waals surface area contributed by atoms with Gasteiger partial charge in [-0.15, -0.1) is 0 Å². The molecule has 0 saturated carbocycles. The molecule has 1 aromatic rings. The molecule has 1 rings (SSSR count). The van der Waals surface area contributed by atoms with Crippen LogP contribution in [0, 0.1) is 0 Å². The summed E-state index contributed by atoms with van der Waals surface area (Å²) in [6, 6.07) is 7.62. The average Bonchev–Trinajstić information content (AvgIpc) is 2.36. The Morgan fingerprint density at radius 2 is 1.75 bits per heavy atom. The number of rotatable bonds is 6. The van der Waals surface area contributed by atoms with Crippen LogP contribution >= 0.6 is 12.6 Å². The van der Waals surface area contributed by atoms with Crippen LogP contribution in [0.1, 0.15) is 33.3 Å². The van der Waals surface area contributed by atoms with Crippen LogP contribution < -0.4 is 5.46 Å². The Hall–Kier alpha value is -0.935. The number of carbonyl (C=O) groups excluding carboxylic acids is 1. The van der Waals surface area contributed by atoms with E-state index in [4.69, 9.17) is 4.65 Å². The Labute approximate surface area is 127 Å². The van der Waals surface area contributed by atoms with Crippen molar-refractivity contribution in [3.8, 4) is 0 Å². The molecule has 0 aromatic heterocycles. The smallest absolute Gasteiger partial charge is 0.330 e. The third kappa shape index (κ3) is 4.87. The minimum atomic E-state index is -0.388.